The molecular weight excluding hydrogens is 396 g/mol. The number of hydrogen-bond donors (Lipinski definition) is 0. The molecule has 7 heteroatoms. The highest BCUT2D eigenvalue weighted by atomic mass is 32.1. The number of thiazole rings is 1. The second-order valence-electron chi connectivity index (χ2n) is 7.02. The van der Waals surface area contributed by atoms with E-state index < -0.39 is 0 Å². The van der Waals surface area contributed by atoms with Gasteiger partial charge in [0.25, 0.3) is 0 Å². The zero-order valence-electron chi connectivity index (χ0n) is 16.7. The largest absolute Gasteiger partial charge is 0.454 e. The van der Waals surface area contributed by atoms with E-state index in [0.717, 1.165) is 59.1 Å². The molecule has 30 heavy (non-hydrogen) atoms. The van der Waals surface area contributed by atoms with Gasteiger partial charge in [-0.25, -0.2) is 4.68 Å². The van der Waals surface area contributed by atoms with Gasteiger partial charge in [-0.15, -0.1) is 11.3 Å². The fourth-order valence-electron chi connectivity index (χ4n) is 3.56. The van der Waals surface area contributed by atoms with E-state index in [1.54, 1.807) is 18.4 Å². The van der Waals surface area contributed by atoms with Gasteiger partial charge >= 0.3 is 0 Å². The van der Waals surface area contributed by atoms with Gasteiger partial charge in [-0.2, -0.15) is 5.10 Å². The fraction of sp³-hybridized carbons (Fsp3) is 0.217. The van der Waals surface area contributed by atoms with E-state index >= 15 is 0 Å². The monoisotopic (exact) mass is 418 g/mol. The molecule has 1 aliphatic heterocycles. The van der Waals surface area contributed by atoms with Crippen LogP contribution in [0.1, 0.15) is 5.56 Å². The quantitative estimate of drug-likeness (QED) is 0.467. The number of ether oxygens (including phenoxy) is 1. The van der Waals surface area contributed by atoms with Crippen LogP contribution in [0.25, 0.3) is 22.4 Å². The Balaban J connectivity index is 1.44. The van der Waals surface area contributed by atoms with E-state index in [2.05, 4.69) is 34.2 Å². The van der Waals surface area contributed by atoms with Crippen molar-refractivity contribution >= 4 is 34.2 Å². The second kappa shape index (κ2) is 8.30. The highest BCUT2D eigenvalue weighted by molar-refractivity contribution is 7.07. The van der Waals surface area contributed by atoms with Crippen LogP contribution in [-0.2, 0) is 4.74 Å². The van der Waals surface area contributed by atoms with Crippen LogP contribution < -0.4 is 9.70 Å². The molecule has 0 bridgehead atoms. The third-order valence-corrected chi connectivity index (χ3v) is 6.05. The predicted octanol–water partition coefficient (Wildman–Crippen LogP) is 4.21. The van der Waals surface area contributed by atoms with Crippen molar-refractivity contribution < 1.29 is 9.15 Å². The van der Waals surface area contributed by atoms with Crippen LogP contribution in [0.5, 0.6) is 0 Å². The average molecular weight is 419 g/mol. The van der Waals surface area contributed by atoms with Crippen LogP contribution in [0.4, 0.5) is 5.69 Å². The molecule has 0 aliphatic carbocycles. The summed E-state index contributed by atoms with van der Waals surface area (Å²) in [4.78, 5) is 7.52. The summed E-state index contributed by atoms with van der Waals surface area (Å²) in [5.74, 6) is 0.780. The van der Waals surface area contributed by atoms with Crippen molar-refractivity contribution in [2.45, 2.75) is 0 Å². The van der Waals surface area contributed by atoms with Crippen molar-refractivity contribution in [2.75, 3.05) is 38.3 Å². The highest BCUT2D eigenvalue weighted by Gasteiger charge is 2.13. The highest BCUT2D eigenvalue weighted by Crippen LogP contribution is 2.28. The predicted molar refractivity (Wildman–Crippen MR) is 121 cm³/mol. The third kappa shape index (κ3) is 3.69. The van der Waals surface area contributed by atoms with Crippen molar-refractivity contribution in [3.05, 3.63) is 70.3 Å². The molecular formula is C23H22N4O2S. The number of fused-ring (bicyclic) bond motifs is 1. The molecule has 3 heterocycles. The lowest BCUT2D eigenvalue weighted by molar-refractivity contribution is 0.122. The van der Waals surface area contributed by atoms with Crippen LogP contribution in [0, 0.1) is 0 Å². The first-order chi connectivity index (χ1) is 14.8. The zero-order chi connectivity index (χ0) is 20.3. The molecule has 4 aromatic rings. The molecule has 1 fully saturated rings. The SMILES string of the molecule is CN=c1scc(-c2cc3ccccc3o2)n1/N=C\c1ccc(N2CCOCC2)cc1. The number of furan rings is 1. The smallest absolute Gasteiger partial charge is 0.206 e. The van der Waals surface area contributed by atoms with Gasteiger partial charge < -0.3 is 14.1 Å². The number of benzene rings is 2. The summed E-state index contributed by atoms with van der Waals surface area (Å²) in [6.07, 6.45) is 1.86. The molecule has 152 valence electrons. The lowest BCUT2D eigenvalue weighted by Crippen LogP contribution is -2.36. The molecule has 2 aromatic heterocycles. The zero-order valence-corrected chi connectivity index (χ0v) is 17.5. The minimum atomic E-state index is 0.780. The second-order valence-corrected chi connectivity index (χ2v) is 7.86. The molecule has 1 saturated heterocycles. The lowest BCUT2D eigenvalue weighted by atomic mass is 10.2. The molecule has 0 spiro atoms. The molecule has 0 amide bonds. The van der Waals surface area contributed by atoms with E-state index in [1.807, 2.05) is 46.6 Å². The minimum absolute atomic E-state index is 0.780. The Kier molecular flexibility index (Phi) is 5.21. The molecule has 0 radical (unpaired) electrons. The number of anilines is 1. The molecule has 2 aromatic carbocycles. The number of nitrogens with zero attached hydrogens (tertiary/aromatic N) is 4. The molecule has 0 N–H and O–H groups in total. The summed E-state index contributed by atoms with van der Waals surface area (Å²) < 4.78 is 13.3. The van der Waals surface area contributed by atoms with Crippen molar-refractivity contribution in [1.82, 2.24) is 4.68 Å². The first kappa shape index (κ1) is 18.8. The molecule has 1 aliphatic rings. The Morgan fingerprint density at radius 1 is 1.03 bits per heavy atom. The third-order valence-electron chi connectivity index (χ3n) is 5.15. The van der Waals surface area contributed by atoms with Crippen molar-refractivity contribution in [2.24, 2.45) is 10.1 Å². The summed E-state index contributed by atoms with van der Waals surface area (Å²) in [6, 6.07) is 18.5. The Labute approximate surface area is 178 Å². The number of morpholine rings is 1. The summed E-state index contributed by atoms with van der Waals surface area (Å²) in [6.45, 7) is 3.43. The van der Waals surface area contributed by atoms with Crippen LogP contribution in [0.15, 0.2) is 74.5 Å². The van der Waals surface area contributed by atoms with E-state index in [0.29, 0.717) is 0 Å². The van der Waals surface area contributed by atoms with Crippen LogP contribution in [0.3, 0.4) is 0 Å². The first-order valence-corrected chi connectivity index (χ1v) is 10.8. The van der Waals surface area contributed by atoms with Gasteiger partial charge in [-0.3, -0.25) is 4.99 Å². The van der Waals surface area contributed by atoms with E-state index in [1.165, 1.54) is 5.69 Å². The Morgan fingerprint density at radius 2 is 1.83 bits per heavy atom. The molecule has 5 rings (SSSR count). The van der Waals surface area contributed by atoms with Gasteiger partial charge in [0.05, 0.1) is 19.4 Å². The Hall–Kier alpha value is -3.16. The Morgan fingerprint density at radius 3 is 2.60 bits per heavy atom. The maximum atomic E-state index is 6.04. The van der Waals surface area contributed by atoms with E-state index in [-0.39, 0.29) is 0 Å². The van der Waals surface area contributed by atoms with Crippen molar-refractivity contribution in [3.8, 4) is 11.5 Å². The van der Waals surface area contributed by atoms with Gasteiger partial charge in [-0.1, -0.05) is 30.3 Å². The summed E-state index contributed by atoms with van der Waals surface area (Å²) in [5, 5.41) is 7.81. The van der Waals surface area contributed by atoms with E-state index in [9.17, 15) is 0 Å². The summed E-state index contributed by atoms with van der Waals surface area (Å²) in [7, 11) is 1.78. The van der Waals surface area contributed by atoms with Gasteiger partial charge in [-0.05, 0) is 29.8 Å². The number of rotatable bonds is 4. The molecule has 0 saturated carbocycles. The topological polar surface area (TPSA) is 55.3 Å². The normalized spacial score (nSPS) is 15.5. The van der Waals surface area contributed by atoms with E-state index in [4.69, 9.17) is 14.3 Å². The minimum Gasteiger partial charge on any atom is -0.454 e. The van der Waals surface area contributed by atoms with Crippen LogP contribution in [-0.4, -0.2) is 44.2 Å². The first-order valence-electron chi connectivity index (χ1n) is 9.91. The summed E-state index contributed by atoms with van der Waals surface area (Å²) >= 11 is 1.54. The fourth-order valence-corrected chi connectivity index (χ4v) is 4.34. The average Bonchev–Trinajstić information content (AvgIpc) is 3.42. The molecule has 6 nitrogen and oxygen atoms in total. The van der Waals surface area contributed by atoms with Crippen molar-refractivity contribution in [3.63, 3.8) is 0 Å². The van der Waals surface area contributed by atoms with Gasteiger partial charge in [0.1, 0.15) is 11.3 Å². The van der Waals surface area contributed by atoms with Crippen LogP contribution in [0.2, 0.25) is 0 Å². The van der Waals surface area contributed by atoms with Gasteiger partial charge in [0.15, 0.2) is 5.76 Å². The molecule has 0 atom stereocenters. The summed E-state index contributed by atoms with van der Waals surface area (Å²) in [5.41, 5.74) is 4.00. The maximum absolute atomic E-state index is 6.04. The molecule has 0 unspecified atom stereocenters. The van der Waals surface area contributed by atoms with Crippen LogP contribution >= 0.6 is 11.3 Å². The standard InChI is InChI=1S/C23H22N4O2S/c1-24-23-27(20(16-30-23)22-14-18-4-2-3-5-21(18)29-22)25-15-17-6-8-19(9-7-17)26-10-12-28-13-11-26/h2-9,14-16H,10-13H2,1H3/b24-23?,25-15-. The number of aromatic nitrogens is 1. The van der Waals surface area contributed by atoms with Gasteiger partial charge in [0, 0.05) is 36.6 Å². The lowest BCUT2D eigenvalue weighted by Gasteiger charge is -2.28. The number of para-hydroxylation sites is 1. The maximum Gasteiger partial charge on any atom is 0.206 e. The Bertz CT molecular complexity index is 1210. The number of hydrogen-bond acceptors (Lipinski definition) is 6. The van der Waals surface area contributed by atoms with Gasteiger partial charge in [0.2, 0.25) is 4.80 Å². The van der Waals surface area contributed by atoms with Crippen molar-refractivity contribution in [1.29, 1.82) is 0 Å².